The number of carbonyl (C=O) groups excluding carboxylic acids is 2. The molecule has 11 heteroatoms. The van der Waals surface area contributed by atoms with Gasteiger partial charge in [0.25, 0.3) is 5.56 Å². The summed E-state index contributed by atoms with van der Waals surface area (Å²) in [5.74, 6) is -0.423. The number of benzene rings is 2. The summed E-state index contributed by atoms with van der Waals surface area (Å²) in [4.78, 5) is 47.5. The van der Waals surface area contributed by atoms with Crippen LogP contribution in [0, 0.1) is 27.7 Å². The van der Waals surface area contributed by atoms with Gasteiger partial charge in [0.1, 0.15) is 16.8 Å². The Morgan fingerprint density at radius 1 is 0.958 bits per heavy atom. The maximum atomic E-state index is 14.5. The molecule has 0 saturated heterocycles. The van der Waals surface area contributed by atoms with Gasteiger partial charge in [-0.25, -0.2) is 14.6 Å². The quantitative estimate of drug-likeness (QED) is 0.192. The van der Waals surface area contributed by atoms with Gasteiger partial charge in [-0.05, 0) is 64.0 Å². The van der Waals surface area contributed by atoms with Gasteiger partial charge in [-0.15, -0.1) is 11.3 Å². The maximum Gasteiger partial charge on any atom is 0.341 e. The molecule has 0 spiro atoms. The Labute approximate surface area is 285 Å². The van der Waals surface area contributed by atoms with Crippen molar-refractivity contribution in [2.75, 3.05) is 20.8 Å². The molecule has 2 aromatic carbocycles. The molecule has 0 N–H and O–H groups in total. The van der Waals surface area contributed by atoms with Crippen molar-refractivity contribution >= 4 is 46.4 Å². The Morgan fingerprint density at radius 2 is 1.67 bits per heavy atom. The van der Waals surface area contributed by atoms with E-state index in [9.17, 15) is 14.4 Å². The van der Waals surface area contributed by atoms with Crippen molar-refractivity contribution in [3.8, 4) is 10.8 Å². The lowest BCUT2D eigenvalue weighted by molar-refractivity contribution is -0.138. The molecule has 48 heavy (non-hydrogen) atoms. The number of thiazole rings is 1. The molecule has 4 heterocycles. The van der Waals surface area contributed by atoms with E-state index < -0.39 is 18.0 Å². The van der Waals surface area contributed by atoms with Crippen LogP contribution in [0.4, 0.5) is 0 Å². The number of aryl methyl sites for hydroxylation is 2. The minimum atomic E-state index is -0.860. The molecular weight excluding hydrogens is 647 g/mol. The Bertz CT molecular complexity index is 2290. The summed E-state index contributed by atoms with van der Waals surface area (Å²) in [6.45, 7) is 9.74. The van der Waals surface area contributed by atoms with Gasteiger partial charge in [0, 0.05) is 27.4 Å². The fourth-order valence-corrected chi connectivity index (χ4v) is 8.37. The monoisotopic (exact) mass is 681 g/mol. The van der Waals surface area contributed by atoms with Gasteiger partial charge in [-0.2, -0.15) is 0 Å². The smallest absolute Gasteiger partial charge is 0.341 e. The first-order valence-electron chi connectivity index (χ1n) is 15.4. The number of hydrogen-bond acceptors (Lipinski definition) is 9. The van der Waals surface area contributed by atoms with E-state index in [0.717, 1.165) is 38.0 Å². The Hall–Kier alpha value is -5.00. The third kappa shape index (κ3) is 5.52. The molecule has 0 radical (unpaired) electrons. The molecule has 0 bridgehead atoms. The van der Waals surface area contributed by atoms with Gasteiger partial charge >= 0.3 is 11.9 Å². The molecule has 0 fully saturated rings. The molecule has 1 aliphatic rings. The normalized spacial score (nSPS) is 14.5. The second-order valence-corrected chi connectivity index (χ2v) is 13.5. The SMILES string of the molecule is CCOC(=O)C1=C(c2ccccc2)N=c2s/c(=C\c3cc(C)n(-c4sc(C)c(C)c4C(=O)OC)c3C)c(=O)n2[C@@H]1c1ccccc1OC. The first kappa shape index (κ1) is 32.9. The largest absolute Gasteiger partial charge is 0.496 e. The van der Waals surface area contributed by atoms with Crippen molar-refractivity contribution < 1.29 is 23.8 Å². The number of carbonyl (C=O) groups is 2. The Kier molecular flexibility index (Phi) is 9.09. The molecular formula is C37H35N3O6S2. The van der Waals surface area contributed by atoms with E-state index in [1.54, 1.807) is 18.6 Å². The molecule has 0 aliphatic carbocycles. The summed E-state index contributed by atoms with van der Waals surface area (Å²) < 4.78 is 20.5. The minimum absolute atomic E-state index is 0.157. The van der Waals surface area contributed by atoms with Crippen LogP contribution in [0.2, 0.25) is 0 Å². The van der Waals surface area contributed by atoms with Crippen molar-refractivity contribution in [1.29, 1.82) is 0 Å². The minimum Gasteiger partial charge on any atom is -0.496 e. The zero-order valence-corrected chi connectivity index (χ0v) is 29.4. The summed E-state index contributed by atoms with van der Waals surface area (Å²) in [5.41, 5.74) is 5.75. The molecule has 6 rings (SSSR count). The van der Waals surface area contributed by atoms with E-state index >= 15 is 0 Å². The molecule has 246 valence electrons. The number of hydrogen-bond donors (Lipinski definition) is 0. The number of aromatic nitrogens is 2. The van der Waals surface area contributed by atoms with Gasteiger partial charge in [0.15, 0.2) is 4.80 Å². The number of nitrogens with zero attached hydrogens (tertiary/aromatic N) is 3. The fraction of sp³-hybridized carbons (Fsp3) is 0.243. The molecule has 3 aromatic heterocycles. The van der Waals surface area contributed by atoms with Crippen molar-refractivity contribution in [3.63, 3.8) is 0 Å². The van der Waals surface area contributed by atoms with Gasteiger partial charge in [0.2, 0.25) is 0 Å². The molecule has 0 saturated carbocycles. The summed E-state index contributed by atoms with van der Waals surface area (Å²) in [6, 6.07) is 17.9. The second kappa shape index (κ2) is 13.2. The molecule has 1 atom stereocenters. The predicted octanol–water partition coefficient (Wildman–Crippen LogP) is 5.82. The topological polar surface area (TPSA) is 101 Å². The fourth-order valence-electron chi connectivity index (χ4n) is 6.12. The Balaban J connectivity index is 1.61. The highest BCUT2D eigenvalue weighted by Gasteiger charge is 2.36. The van der Waals surface area contributed by atoms with E-state index in [4.69, 9.17) is 19.2 Å². The molecule has 1 aliphatic heterocycles. The number of para-hydroxylation sites is 1. The standard InChI is InChI=1S/C37H35N3O6S2/c1-8-46-36(43)30-31(24-14-10-9-11-15-24)38-37-40(32(30)26-16-12-13-17-27(26)44-6)33(41)28(48-37)19-25-18-20(2)39(22(25)4)34-29(35(42)45-7)21(3)23(5)47-34/h9-19,32H,8H2,1-7H3/b28-19-/t32-/m1/s1. The maximum absolute atomic E-state index is 14.5. The van der Waals surface area contributed by atoms with E-state index in [1.807, 2.05) is 99.0 Å². The predicted molar refractivity (Wildman–Crippen MR) is 188 cm³/mol. The van der Waals surface area contributed by atoms with Crippen molar-refractivity contribution in [1.82, 2.24) is 9.13 Å². The zero-order valence-electron chi connectivity index (χ0n) is 27.7. The van der Waals surface area contributed by atoms with Crippen molar-refractivity contribution in [2.45, 2.75) is 40.7 Å². The lowest BCUT2D eigenvalue weighted by Gasteiger charge is -2.27. The number of ether oxygens (including phenoxy) is 3. The van der Waals surface area contributed by atoms with E-state index in [0.29, 0.717) is 31.9 Å². The van der Waals surface area contributed by atoms with Crippen LogP contribution in [0.3, 0.4) is 0 Å². The van der Waals surface area contributed by atoms with Crippen LogP contribution in [0.25, 0.3) is 16.8 Å². The van der Waals surface area contributed by atoms with E-state index in [2.05, 4.69) is 0 Å². The summed E-state index contributed by atoms with van der Waals surface area (Å²) in [7, 11) is 2.94. The van der Waals surface area contributed by atoms with Crippen LogP contribution < -0.4 is 19.6 Å². The lowest BCUT2D eigenvalue weighted by Crippen LogP contribution is -2.40. The van der Waals surface area contributed by atoms with Gasteiger partial charge in [0.05, 0.1) is 42.2 Å². The second-order valence-electron chi connectivity index (χ2n) is 11.3. The number of methoxy groups -OCH3 is 2. The van der Waals surface area contributed by atoms with Gasteiger partial charge in [-0.3, -0.25) is 9.36 Å². The highest BCUT2D eigenvalue weighted by Crippen LogP contribution is 2.39. The highest BCUT2D eigenvalue weighted by atomic mass is 32.1. The highest BCUT2D eigenvalue weighted by molar-refractivity contribution is 7.15. The number of esters is 2. The number of thiophene rings is 1. The zero-order chi connectivity index (χ0) is 34.3. The van der Waals surface area contributed by atoms with Crippen molar-refractivity contribution in [2.24, 2.45) is 4.99 Å². The summed E-state index contributed by atoms with van der Waals surface area (Å²) in [5, 5.41) is 0.774. The summed E-state index contributed by atoms with van der Waals surface area (Å²) >= 11 is 2.78. The molecule has 9 nitrogen and oxygen atoms in total. The van der Waals surface area contributed by atoms with Gasteiger partial charge in [-0.1, -0.05) is 59.9 Å². The third-order valence-corrected chi connectivity index (χ3v) is 10.7. The average Bonchev–Trinajstić information content (AvgIpc) is 3.67. The lowest BCUT2D eigenvalue weighted by atomic mass is 9.92. The van der Waals surface area contributed by atoms with E-state index in [-0.39, 0.29) is 17.7 Å². The Morgan fingerprint density at radius 3 is 2.35 bits per heavy atom. The van der Waals surface area contributed by atoms with Crippen LogP contribution in [0.1, 0.15) is 61.8 Å². The first-order valence-corrected chi connectivity index (χ1v) is 17.0. The van der Waals surface area contributed by atoms with Gasteiger partial charge < -0.3 is 18.8 Å². The number of fused-ring (bicyclic) bond motifs is 1. The number of rotatable bonds is 8. The average molecular weight is 682 g/mol. The van der Waals surface area contributed by atoms with Crippen LogP contribution in [0.5, 0.6) is 5.75 Å². The van der Waals surface area contributed by atoms with Crippen LogP contribution in [0.15, 0.2) is 76.0 Å². The summed E-state index contributed by atoms with van der Waals surface area (Å²) in [6.07, 6.45) is 1.85. The van der Waals surface area contributed by atoms with Crippen LogP contribution >= 0.6 is 22.7 Å². The first-order chi connectivity index (χ1) is 23.1. The van der Waals surface area contributed by atoms with E-state index in [1.165, 1.54) is 29.8 Å². The molecule has 0 unspecified atom stereocenters. The van der Waals surface area contributed by atoms with Crippen molar-refractivity contribution in [3.05, 3.63) is 130 Å². The third-order valence-electron chi connectivity index (χ3n) is 8.52. The van der Waals surface area contributed by atoms with Crippen LogP contribution in [-0.2, 0) is 14.3 Å². The molecule has 5 aromatic rings. The van der Waals surface area contributed by atoms with Crippen LogP contribution in [-0.4, -0.2) is 41.9 Å². The molecule has 0 amide bonds.